The summed E-state index contributed by atoms with van der Waals surface area (Å²) in [6.45, 7) is 1.36. The zero-order valence-electron chi connectivity index (χ0n) is 7.37. The van der Waals surface area contributed by atoms with Crippen molar-refractivity contribution in [2.24, 2.45) is 0 Å². The molecule has 0 heterocycles. The van der Waals surface area contributed by atoms with Crippen molar-refractivity contribution < 1.29 is 9.59 Å². The molecule has 0 atom stereocenters. The van der Waals surface area contributed by atoms with Crippen molar-refractivity contribution >= 4 is 28.0 Å². The summed E-state index contributed by atoms with van der Waals surface area (Å²) in [6.07, 6.45) is 0.528. The van der Waals surface area contributed by atoms with Crippen molar-refractivity contribution in [3.05, 3.63) is 33.3 Å². The van der Waals surface area contributed by atoms with Gasteiger partial charge in [-0.2, -0.15) is 5.26 Å². The van der Waals surface area contributed by atoms with Gasteiger partial charge in [0.15, 0.2) is 12.1 Å². The van der Waals surface area contributed by atoms with E-state index in [-0.39, 0.29) is 22.5 Å². The number of rotatable bonds is 2. The highest BCUT2D eigenvalue weighted by Gasteiger charge is 2.14. The molecule has 0 aliphatic rings. The van der Waals surface area contributed by atoms with Crippen LogP contribution >= 0.6 is 15.9 Å². The van der Waals surface area contributed by atoms with E-state index >= 15 is 0 Å². The summed E-state index contributed by atoms with van der Waals surface area (Å²) in [5.41, 5.74) is 0.627. The highest BCUT2D eigenvalue weighted by Crippen LogP contribution is 2.23. The van der Waals surface area contributed by atoms with Gasteiger partial charge in [-0.3, -0.25) is 9.59 Å². The molecular formula is C10H6BrNO2. The lowest BCUT2D eigenvalue weighted by Gasteiger charge is -2.04. The quantitative estimate of drug-likeness (QED) is 0.599. The van der Waals surface area contributed by atoms with Gasteiger partial charge in [-0.25, -0.2) is 0 Å². The molecule has 3 nitrogen and oxygen atoms in total. The normalized spacial score (nSPS) is 9.21. The Hall–Kier alpha value is -1.47. The molecule has 0 aliphatic heterocycles. The minimum absolute atomic E-state index is 0.148. The summed E-state index contributed by atoms with van der Waals surface area (Å²) in [6, 6.07) is 4.95. The number of nitrogens with zero attached hydrogens (tertiary/aromatic N) is 1. The number of nitriles is 1. The molecule has 0 unspecified atom stereocenters. The van der Waals surface area contributed by atoms with E-state index in [1.807, 2.05) is 6.07 Å². The van der Waals surface area contributed by atoms with Crippen LogP contribution in [0.1, 0.15) is 33.2 Å². The Morgan fingerprint density at radius 3 is 2.64 bits per heavy atom. The molecule has 4 heteroatoms. The molecule has 0 saturated carbocycles. The zero-order valence-corrected chi connectivity index (χ0v) is 8.96. The molecule has 70 valence electrons. The third-order valence-electron chi connectivity index (χ3n) is 1.79. The van der Waals surface area contributed by atoms with Crippen molar-refractivity contribution in [3.63, 3.8) is 0 Å². The molecule has 14 heavy (non-hydrogen) atoms. The minimum Gasteiger partial charge on any atom is -0.298 e. The van der Waals surface area contributed by atoms with Gasteiger partial charge in [-0.1, -0.05) is 15.9 Å². The first kappa shape index (κ1) is 10.6. The summed E-state index contributed by atoms with van der Waals surface area (Å²) in [5, 5.41) is 8.71. The number of aldehydes is 1. The number of carbonyl (C=O) groups is 2. The average molecular weight is 252 g/mol. The number of Topliss-reactive ketones (excluding diaryl/α,β-unsaturated/α-hetero) is 1. The Balaban J connectivity index is 3.61. The molecule has 0 radical (unpaired) electrons. The fourth-order valence-electron chi connectivity index (χ4n) is 1.17. The third-order valence-corrected chi connectivity index (χ3v) is 2.45. The first-order chi connectivity index (χ1) is 6.61. The van der Waals surface area contributed by atoms with E-state index in [2.05, 4.69) is 15.9 Å². The second-order valence-corrected chi connectivity index (χ2v) is 3.52. The first-order valence-corrected chi connectivity index (χ1v) is 4.59. The molecule has 0 N–H and O–H groups in total. The van der Waals surface area contributed by atoms with Crippen LogP contribution in [-0.2, 0) is 0 Å². The smallest absolute Gasteiger partial charge is 0.161 e. The number of hydrogen-bond acceptors (Lipinski definition) is 3. The Morgan fingerprint density at radius 2 is 2.21 bits per heavy atom. The van der Waals surface area contributed by atoms with Crippen LogP contribution in [0, 0.1) is 11.3 Å². The fourth-order valence-corrected chi connectivity index (χ4v) is 1.80. The van der Waals surface area contributed by atoms with Gasteiger partial charge in [0.1, 0.15) is 0 Å². The lowest BCUT2D eigenvalue weighted by atomic mass is 10.0. The molecule has 0 amide bonds. The van der Waals surface area contributed by atoms with E-state index in [9.17, 15) is 9.59 Å². The van der Waals surface area contributed by atoms with Gasteiger partial charge in [-0.05, 0) is 19.1 Å². The topological polar surface area (TPSA) is 57.9 Å². The van der Waals surface area contributed by atoms with Gasteiger partial charge in [-0.15, -0.1) is 0 Å². The molecule has 1 rings (SSSR count). The highest BCUT2D eigenvalue weighted by atomic mass is 79.9. The van der Waals surface area contributed by atoms with Crippen LogP contribution in [-0.4, -0.2) is 12.1 Å². The Bertz CT molecular complexity index is 446. The molecule has 1 aromatic rings. The van der Waals surface area contributed by atoms with E-state index in [0.29, 0.717) is 10.8 Å². The lowest BCUT2D eigenvalue weighted by Crippen LogP contribution is -2.02. The van der Waals surface area contributed by atoms with Gasteiger partial charge in [0.25, 0.3) is 0 Å². The standard InChI is InChI=1S/C10H6BrNO2/c1-6(14)10-8(5-13)7(4-12)2-3-9(10)11/h2-3,5H,1H3. The largest absolute Gasteiger partial charge is 0.298 e. The molecular weight excluding hydrogens is 246 g/mol. The summed E-state index contributed by atoms with van der Waals surface area (Å²) in [5.74, 6) is -0.240. The lowest BCUT2D eigenvalue weighted by molar-refractivity contribution is 0.100. The number of ketones is 1. The highest BCUT2D eigenvalue weighted by molar-refractivity contribution is 9.10. The number of carbonyl (C=O) groups excluding carboxylic acids is 2. The van der Waals surface area contributed by atoms with E-state index < -0.39 is 0 Å². The fraction of sp³-hybridized carbons (Fsp3) is 0.100. The molecule has 0 fully saturated rings. The molecule has 1 aromatic carbocycles. The number of benzene rings is 1. The zero-order chi connectivity index (χ0) is 10.7. The maximum Gasteiger partial charge on any atom is 0.161 e. The van der Waals surface area contributed by atoms with Crippen LogP contribution in [0.4, 0.5) is 0 Å². The van der Waals surface area contributed by atoms with Crippen molar-refractivity contribution in [3.8, 4) is 6.07 Å². The second kappa shape index (κ2) is 4.16. The molecule has 0 saturated heterocycles. The molecule has 0 spiro atoms. The molecule has 0 aliphatic carbocycles. The van der Waals surface area contributed by atoms with Crippen LogP contribution in [0.2, 0.25) is 0 Å². The summed E-state index contributed by atoms with van der Waals surface area (Å²) in [4.78, 5) is 22.0. The van der Waals surface area contributed by atoms with Crippen molar-refractivity contribution in [1.29, 1.82) is 5.26 Å². The van der Waals surface area contributed by atoms with Crippen LogP contribution < -0.4 is 0 Å². The third kappa shape index (κ3) is 1.73. The van der Waals surface area contributed by atoms with E-state index in [0.717, 1.165) is 0 Å². The summed E-state index contributed by atoms with van der Waals surface area (Å²) in [7, 11) is 0. The Morgan fingerprint density at radius 1 is 1.57 bits per heavy atom. The van der Waals surface area contributed by atoms with E-state index in [4.69, 9.17) is 5.26 Å². The van der Waals surface area contributed by atoms with Gasteiger partial charge < -0.3 is 0 Å². The van der Waals surface area contributed by atoms with Crippen molar-refractivity contribution in [2.45, 2.75) is 6.92 Å². The monoisotopic (exact) mass is 251 g/mol. The van der Waals surface area contributed by atoms with E-state index in [1.165, 1.54) is 13.0 Å². The summed E-state index contributed by atoms with van der Waals surface area (Å²) < 4.78 is 0.533. The van der Waals surface area contributed by atoms with Gasteiger partial charge in [0, 0.05) is 15.6 Å². The predicted octanol–water partition coefficient (Wildman–Crippen LogP) is 2.34. The Labute approximate surface area is 89.5 Å². The predicted molar refractivity (Wildman–Crippen MR) is 54.2 cm³/mol. The van der Waals surface area contributed by atoms with Crippen LogP contribution in [0.3, 0.4) is 0 Å². The van der Waals surface area contributed by atoms with Gasteiger partial charge in [0.05, 0.1) is 11.6 Å². The van der Waals surface area contributed by atoms with Crippen molar-refractivity contribution in [2.75, 3.05) is 0 Å². The van der Waals surface area contributed by atoms with Crippen LogP contribution in [0.5, 0.6) is 0 Å². The second-order valence-electron chi connectivity index (χ2n) is 2.67. The van der Waals surface area contributed by atoms with Gasteiger partial charge in [0.2, 0.25) is 0 Å². The van der Waals surface area contributed by atoms with E-state index in [1.54, 1.807) is 6.07 Å². The molecule has 0 bridgehead atoms. The maximum atomic E-state index is 11.2. The van der Waals surface area contributed by atoms with Crippen LogP contribution in [0.15, 0.2) is 16.6 Å². The summed E-state index contributed by atoms with van der Waals surface area (Å²) >= 11 is 3.16. The maximum absolute atomic E-state index is 11.2. The average Bonchev–Trinajstić information content (AvgIpc) is 2.16. The minimum atomic E-state index is -0.240. The van der Waals surface area contributed by atoms with Crippen LogP contribution in [0.25, 0.3) is 0 Å². The Kier molecular flexibility index (Phi) is 3.15. The molecule has 0 aromatic heterocycles. The van der Waals surface area contributed by atoms with Gasteiger partial charge >= 0.3 is 0 Å². The van der Waals surface area contributed by atoms with Crippen molar-refractivity contribution in [1.82, 2.24) is 0 Å². The number of hydrogen-bond donors (Lipinski definition) is 0. The number of halogens is 1. The SMILES string of the molecule is CC(=O)c1c(Br)ccc(C#N)c1C=O. The first-order valence-electron chi connectivity index (χ1n) is 3.80.